The van der Waals surface area contributed by atoms with Gasteiger partial charge in [0.05, 0.1) is 20.0 Å². The largest absolute Gasteiger partial charge is 0.496 e. The van der Waals surface area contributed by atoms with Crippen LogP contribution in [0.1, 0.15) is 57.4 Å². The predicted octanol–water partition coefficient (Wildman–Crippen LogP) is 3.45. The lowest BCUT2D eigenvalue weighted by atomic mass is 9.93. The number of imidazole rings is 1. The number of nitrogens with zero attached hydrogens (tertiary/aromatic N) is 3. The Morgan fingerprint density at radius 3 is 2.49 bits per heavy atom. The van der Waals surface area contributed by atoms with Crippen LogP contribution in [0.3, 0.4) is 0 Å². The van der Waals surface area contributed by atoms with Crippen molar-refractivity contribution in [2.75, 3.05) is 12.4 Å². The molecule has 2 heterocycles. The first kappa shape index (κ1) is 24.5. The minimum absolute atomic E-state index is 0.0484. The molecule has 9 heteroatoms. The van der Waals surface area contributed by atoms with Crippen LogP contribution in [0.25, 0.3) is 0 Å². The summed E-state index contributed by atoms with van der Waals surface area (Å²) in [5.41, 5.74) is 2.54. The van der Waals surface area contributed by atoms with Gasteiger partial charge in [0, 0.05) is 23.8 Å². The van der Waals surface area contributed by atoms with E-state index >= 15 is 0 Å². The smallest absolute Gasteiger partial charge is 0.276 e. The number of fused-ring (bicyclic) bond motifs is 1. The SMILES string of the molecule is COc1ccccc1CNC(=O)C1(C)Cn2cnc(C(=O)Nc3c(C)cccc3C)c2C(=O)N1C1CC1. The number of carbonyl (C=O) groups is 3. The Morgan fingerprint density at radius 1 is 1.11 bits per heavy atom. The summed E-state index contributed by atoms with van der Waals surface area (Å²) in [5, 5.41) is 5.92. The number of aromatic nitrogens is 2. The van der Waals surface area contributed by atoms with Gasteiger partial charge in [-0.15, -0.1) is 0 Å². The van der Waals surface area contributed by atoms with Crippen molar-refractivity contribution in [3.63, 3.8) is 0 Å². The van der Waals surface area contributed by atoms with Crippen molar-refractivity contribution in [1.29, 1.82) is 0 Å². The van der Waals surface area contributed by atoms with E-state index in [2.05, 4.69) is 15.6 Å². The van der Waals surface area contributed by atoms with Gasteiger partial charge in [-0.05, 0) is 50.8 Å². The summed E-state index contributed by atoms with van der Waals surface area (Å²) in [6.07, 6.45) is 3.11. The third-order valence-electron chi connectivity index (χ3n) is 7.24. The van der Waals surface area contributed by atoms with Crippen LogP contribution in [-0.4, -0.2) is 50.9 Å². The van der Waals surface area contributed by atoms with Crippen molar-refractivity contribution in [3.8, 4) is 5.75 Å². The third-order valence-corrected chi connectivity index (χ3v) is 7.24. The lowest BCUT2D eigenvalue weighted by Crippen LogP contribution is -2.64. The van der Waals surface area contributed by atoms with E-state index < -0.39 is 11.4 Å². The Bertz CT molecular complexity index is 1370. The summed E-state index contributed by atoms with van der Waals surface area (Å²) in [4.78, 5) is 46.7. The van der Waals surface area contributed by atoms with Crippen LogP contribution in [0, 0.1) is 13.8 Å². The minimum Gasteiger partial charge on any atom is -0.496 e. The van der Waals surface area contributed by atoms with Crippen LogP contribution < -0.4 is 15.4 Å². The molecule has 1 aromatic heterocycles. The number of benzene rings is 2. The maximum atomic E-state index is 13.9. The van der Waals surface area contributed by atoms with Gasteiger partial charge in [0.15, 0.2) is 5.69 Å². The lowest BCUT2D eigenvalue weighted by molar-refractivity contribution is -0.133. The Morgan fingerprint density at radius 2 is 1.81 bits per heavy atom. The highest BCUT2D eigenvalue weighted by Gasteiger charge is 2.53. The van der Waals surface area contributed by atoms with Gasteiger partial charge in [-0.3, -0.25) is 14.4 Å². The molecule has 37 heavy (non-hydrogen) atoms. The Kier molecular flexibility index (Phi) is 6.23. The highest BCUT2D eigenvalue weighted by atomic mass is 16.5. The maximum absolute atomic E-state index is 13.9. The molecule has 1 aliphatic carbocycles. The number of anilines is 1. The standard InChI is InChI=1S/C28H31N5O4/c1-17-8-7-9-18(2)22(17)31-25(34)23-24-26(35)33(20-12-13-20)28(3,15-32(24)16-30-23)27(36)29-14-19-10-5-6-11-21(19)37-4/h5-11,16,20H,12-15H2,1-4H3,(H,29,36)(H,31,34). The molecule has 1 saturated carbocycles. The van der Waals surface area contributed by atoms with Crippen LogP contribution in [0.15, 0.2) is 48.8 Å². The Hall–Kier alpha value is -4.14. The molecule has 2 N–H and O–H groups in total. The third kappa shape index (κ3) is 4.34. The summed E-state index contributed by atoms with van der Waals surface area (Å²) in [6, 6.07) is 13.2. The number of aryl methyl sites for hydroxylation is 2. The van der Waals surface area contributed by atoms with Gasteiger partial charge in [0.2, 0.25) is 5.91 Å². The molecule has 3 amide bonds. The first-order chi connectivity index (χ1) is 17.7. The van der Waals surface area contributed by atoms with Gasteiger partial charge >= 0.3 is 0 Å². The fourth-order valence-electron chi connectivity index (χ4n) is 5.12. The number of amides is 3. The molecular formula is C28H31N5O4. The average molecular weight is 502 g/mol. The zero-order valence-electron chi connectivity index (χ0n) is 21.5. The van der Waals surface area contributed by atoms with Crippen molar-refractivity contribution in [2.45, 2.75) is 58.3 Å². The first-order valence-corrected chi connectivity index (χ1v) is 12.4. The molecule has 5 rings (SSSR count). The topological polar surface area (TPSA) is 106 Å². The number of hydrogen-bond donors (Lipinski definition) is 2. The minimum atomic E-state index is -1.13. The first-order valence-electron chi connectivity index (χ1n) is 12.4. The second-order valence-corrected chi connectivity index (χ2v) is 9.97. The van der Waals surface area contributed by atoms with E-state index in [-0.39, 0.29) is 42.3 Å². The highest BCUT2D eigenvalue weighted by molar-refractivity contribution is 6.12. The van der Waals surface area contributed by atoms with Crippen molar-refractivity contribution in [1.82, 2.24) is 19.8 Å². The summed E-state index contributed by atoms with van der Waals surface area (Å²) in [5.74, 6) is -0.380. The molecule has 9 nitrogen and oxygen atoms in total. The number of para-hydroxylation sites is 2. The predicted molar refractivity (Wildman–Crippen MR) is 139 cm³/mol. The van der Waals surface area contributed by atoms with Crippen molar-refractivity contribution in [2.24, 2.45) is 0 Å². The number of methoxy groups -OCH3 is 1. The monoisotopic (exact) mass is 501 g/mol. The van der Waals surface area contributed by atoms with Gasteiger partial charge in [-0.2, -0.15) is 0 Å². The summed E-state index contributed by atoms with van der Waals surface area (Å²) >= 11 is 0. The van der Waals surface area contributed by atoms with Gasteiger partial charge < -0.3 is 24.8 Å². The van der Waals surface area contributed by atoms with Gasteiger partial charge in [0.25, 0.3) is 11.8 Å². The van der Waals surface area contributed by atoms with Crippen LogP contribution >= 0.6 is 0 Å². The van der Waals surface area contributed by atoms with Crippen LogP contribution in [-0.2, 0) is 17.9 Å². The van der Waals surface area contributed by atoms with E-state index in [0.29, 0.717) is 11.4 Å². The Balaban J connectivity index is 1.42. The second-order valence-electron chi connectivity index (χ2n) is 9.97. The molecule has 1 atom stereocenters. The fourth-order valence-corrected chi connectivity index (χ4v) is 5.12. The van der Waals surface area contributed by atoms with Crippen LogP contribution in [0.5, 0.6) is 5.75 Å². The normalized spacial score (nSPS) is 18.8. The second kappa shape index (κ2) is 9.38. The van der Waals surface area contributed by atoms with E-state index in [0.717, 1.165) is 29.5 Å². The van der Waals surface area contributed by atoms with Crippen molar-refractivity contribution < 1.29 is 19.1 Å². The Labute approximate surface area is 215 Å². The maximum Gasteiger partial charge on any atom is 0.276 e. The summed E-state index contributed by atoms with van der Waals surface area (Å²) < 4.78 is 7.03. The van der Waals surface area contributed by atoms with Crippen molar-refractivity contribution in [3.05, 3.63) is 76.9 Å². The molecule has 1 unspecified atom stereocenters. The molecule has 0 radical (unpaired) electrons. The zero-order valence-corrected chi connectivity index (χ0v) is 21.5. The van der Waals surface area contributed by atoms with Gasteiger partial charge in [-0.1, -0.05) is 36.4 Å². The highest BCUT2D eigenvalue weighted by Crippen LogP contribution is 2.39. The van der Waals surface area contributed by atoms with E-state index in [9.17, 15) is 14.4 Å². The molecule has 0 bridgehead atoms. The number of ether oxygens (including phenoxy) is 1. The van der Waals surface area contributed by atoms with E-state index in [1.54, 1.807) is 23.5 Å². The lowest BCUT2D eigenvalue weighted by Gasteiger charge is -2.44. The summed E-state index contributed by atoms with van der Waals surface area (Å²) in [7, 11) is 1.59. The molecule has 0 spiro atoms. The molecule has 2 aliphatic rings. The van der Waals surface area contributed by atoms with E-state index in [1.807, 2.05) is 56.3 Å². The van der Waals surface area contributed by atoms with Gasteiger partial charge in [-0.25, -0.2) is 4.98 Å². The average Bonchev–Trinajstić information content (AvgIpc) is 3.62. The number of nitrogens with one attached hydrogen (secondary N) is 2. The molecule has 1 aliphatic heterocycles. The van der Waals surface area contributed by atoms with Crippen LogP contribution in [0.4, 0.5) is 5.69 Å². The zero-order chi connectivity index (χ0) is 26.3. The molecule has 2 aromatic carbocycles. The number of hydrogen-bond acceptors (Lipinski definition) is 5. The number of rotatable bonds is 7. The van der Waals surface area contributed by atoms with Gasteiger partial charge in [0.1, 0.15) is 17.0 Å². The van der Waals surface area contributed by atoms with E-state index in [4.69, 9.17) is 4.74 Å². The quantitative estimate of drug-likeness (QED) is 0.516. The summed E-state index contributed by atoms with van der Waals surface area (Å²) in [6.45, 7) is 6.08. The van der Waals surface area contributed by atoms with Crippen molar-refractivity contribution >= 4 is 23.4 Å². The number of carbonyl (C=O) groups excluding carboxylic acids is 3. The molecule has 1 fully saturated rings. The van der Waals surface area contributed by atoms with E-state index in [1.165, 1.54) is 6.33 Å². The van der Waals surface area contributed by atoms with Crippen LogP contribution in [0.2, 0.25) is 0 Å². The fraction of sp³-hybridized carbons (Fsp3) is 0.357. The molecule has 0 saturated heterocycles. The molecule has 192 valence electrons. The molecular weight excluding hydrogens is 470 g/mol. The molecule has 3 aromatic rings.